The van der Waals surface area contributed by atoms with Gasteiger partial charge in [0, 0.05) is 25.0 Å². The number of carbonyl (C=O) groups excluding carboxylic acids is 1. The van der Waals surface area contributed by atoms with E-state index in [-0.39, 0.29) is 19.1 Å². The average Bonchev–Trinajstić information content (AvgIpc) is 2.93. The van der Waals surface area contributed by atoms with Crippen molar-refractivity contribution in [1.29, 1.82) is 0 Å². The van der Waals surface area contributed by atoms with Gasteiger partial charge in [0.25, 0.3) is 0 Å². The van der Waals surface area contributed by atoms with E-state index in [1.54, 1.807) is 18.5 Å². The highest BCUT2D eigenvalue weighted by Gasteiger charge is 2.24. The molecule has 1 aromatic heterocycles. The summed E-state index contributed by atoms with van der Waals surface area (Å²) in [5.41, 5.74) is 0. The van der Waals surface area contributed by atoms with Crippen molar-refractivity contribution < 1.29 is 9.90 Å². The number of anilines is 1. The summed E-state index contributed by atoms with van der Waals surface area (Å²) in [7, 11) is 0. The zero-order valence-corrected chi connectivity index (χ0v) is 11.0. The van der Waals surface area contributed by atoms with Crippen LogP contribution in [0.4, 0.5) is 5.95 Å². The fourth-order valence-electron chi connectivity index (χ4n) is 2.50. The highest BCUT2D eigenvalue weighted by molar-refractivity contribution is 5.90. The Morgan fingerprint density at radius 3 is 2.68 bits per heavy atom. The van der Waals surface area contributed by atoms with Gasteiger partial charge in [0.05, 0.1) is 13.2 Å². The predicted molar refractivity (Wildman–Crippen MR) is 71.6 cm³/mol. The number of hydrogen-bond acceptors (Lipinski definition) is 5. The topological polar surface area (TPSA) is 78.4 Å². The second-order valence-electron chi connectivity index (χ2n) is 4.75. The van der Waals surface area contributed by atoms with Gasteiger partial charge in [-0.25, -0.2) is 9.97 Å². The van der Waals surface area contributed by atoms with Gasteiger partial charge in [-0.05, 0) is 18.9 Å². The van der Waals surface area contributed by atoms with Crippen LogP contribution in [0.3, 0.4) is 0 Å². The van der Waals surface area contributed by atoms with E-state index in [0.29, 0.717) is 18.5 Å². The van der Waals surface area contributed by atoms with Crippen LogP contribution in [0.2, 0.25) is 0 Å². The van der Waals surface area contributed by atoms with Crippen LogP contribution in [-0.4, -0.2) is 51.6 Å². The van der Waals surface area contributed by atoms with Gasteiger partial charge >= 0.3 is 0 Å². The van der Waals surface area contributed by atoms with Crippen LogP contribution < -0.4 is 5.32 Å². The Morgan fingerprint density at radius 1 is 1.37 bits per heavy atom. The quantitative estimate of drug-likeness (QED) is 0.789. The Kier molecular flexibility index (Phi) is 5.23. The lowest BCUT2D eigenvalue weighted by molar-refractivity contribution is -0.118. The molecule has 0 aliphatic heterocycles. The molecule has 1 amide bonds. The third kappa shape index (κ3) is 4.25. The fourth-order valence-corrected chi connectivity index (χ4v) is 2.50. The molecule has 0 radical (unpaired) electrons. The number of aromatic nitrogens is 2. The van der Waals surface area contributed by atoms with E-state index >= 15 is 0 Å². The number of carbonyl (C=O) groups is 1. The van der Waals surface area contributed by atoms with E-state index < -0.39 is 0 Å². The standard InChI is InChI=1S/C13H20N4O2/c18-9-8-17(11-4-1-2-5-11)10-12(19)16-13-14-6-3-7-15-13/h3,6-7,11,18H,1-2,4-5,8-10H2,(H,14,15,16,19). The van der Waals surface area contributed by atoms with E-state index in [0.717, 1.165) is 12.8 Å². The molecule has 0 spiro atoms. The second kappa shape index (κ2) is 7.16. The maximum atomic E-state index is 11.9. The number of hydrogen-bond donors (Lipinski definition) is 2. The van der Waals surface area contributed by atoms with Gasteiger partial charge in [0.1, 0.15) is 0 Å². The average molecular weight is 264 g/mol. The van der Waals surface area contributed by atoms with Gasteiger partial charge in [-0.15, -0.1) is 0 Å². The summed E-state index contributed by atoms with van der Waals surface area (Å²) in [6, 6.07) is 2.11. The van der Waals surface area contributed by atoms with Gasteiger partial charge in [0.2, 0.25) is 11.9 Å². The van der Waals surface area contributed by atoms with E-state index in [2.05, 4.69) is 15.3 Å². The molecule has 0 atom stereocenters. The maximum absolute atomic E-state index is 11.9. The molecular weight excluding hydrogens is 244 g/mol. The minimum Gasteiger partial charge on any atom is -0.395 e. The lowest BCUT2D eigenvalue weighted by Crippen LogP contribution is -2.41. The minimum atomic E-state index is -0.133. The van der Waals surface area contributed by atoms with Crippen molar-refractivity contribution in [3.8, 4) is 0 Å². The van der Waals surface area contributed by atoms with Crippen molar-refractivity contribution in [3.63, 3.8) is 0 Å². The molecule has 2 N–H and O–H groups in total. The first-order valence-electron chi connectivity index (χ1n) is 6.71. The van der Waals surface area contributed by atoms with Crippen LogP contribution >= 0.6 is 0 Å². The SMILES string of the molecule is O=C(CN(CCO)C1CCCC1)Nc1ncccn1. The molecule has 0 aromatic carbocycles. The van der Waals surface area contributed by atoms with Gasteiger partial charge in [-0.2, -0.15) is 0 Å². The van der Waals surface area contributed by atoms with Gasteiger partial charge < -0.3 is 5.11 Å². The minimum absolute atomic E-state index is 0.0750. The number of nitrogens with one attached hydrogen (secondary N) is 1. The van der Waals surface area contributed by atoms with E-state index in [4.69, 9.17) is 5.11 Å². The summed E-state index contributed by atoms with van der Waals surface area (Å²) in [5.74, 6) is 0.189. The largest absolute Gasteiger partial charge is 0.395 e. The summed E-state index contributed by atoms with van der Waals surface area (Å²) in [4.78, 5) is 21.9. The molecule has 1 aliphatic rings. The number of aliphatic hydroxyl groups is 1. The Labute approximate surface area is 112 Å². The highest BCUT2D eigenvalue weighted by Crippen LogP contribution is 2.23. The Balaban J connectivity index is 1.87. The summed E-state index contributed by atoms with van der Waals surface area (Å²) >= 11 is 0. The van der Waals surface area contributed by atoms with Crippen LogP contribution in [0.5, 0.6) is 0 Å². The number of amides is 1. The number of nitrogens with zero attached hydrogens (tertiary/aromatic N) is 3. The normalized spacial score (nSPS) is 15.9. The third-order valence-electron chi connectivity index (χ3n) is 3.39. The van der Waals surface area contributed by atoms with Crippen LogP contribution in [0.1, 0.15) is 25.7 Å². The second-order valence-corrected chi connectivity index (χ2v) is 4.75. The van der Waals surface area contributed by atoms with E-state index in [1.807, 2.05) is 4.90 Å². The molecule has 104 valence electrons. The van der Waals surface area contributed by atoms with Gasteiger partial charge in [-0.1, -0.05) is 12.8 Å². The molecule has 6 nitrogen and oxygen atoms in total. The lowest BCUT2D eigenvalue weighted by atomic mass is 10.2. The smallest absolute Gasteiger partial charge is 0.240 e. The summed E-state index contributed by atoms with van der Waals surface area (Å²) in [5, 5.41) is 11.8. The van der Waals surface area contributed by atoms with Crippen molar-refractivity contribution in [2.24, 2.45) is 0 Å². The zero-order valence-electron chi connectivity index (χ0n) is 11.0. The lowest BCUT2D eigenvalue weighted by Gasteiger charge is -2.27. The molecule has 1 saturated carbocycles. The fraction of sp³-hybridized carbons (Fsp3) is 0.615. The molecule has 19 heavy (non-hydrogen) atoms. The molecule has 1 aliphatic carbocycles. The molecule has 1 aromatic rings. The van der Waals surface area contributed by atoms with E-state index in [1.165, 1.54) is 12.8 Å². The predicted octanol–water partition coefficient (Wildman–Crippen LogP) is 0.652. The van der Waals surface area contributed by atoms with Crippen LogP contribution in [-0.2, 0) is 4.79 Å². The molecular formula is C13H20N4O2. The monoisotopic (exact) mass is 264 g/mol. The molecule has 1 heterocycles. The molecule has 0 bridgehead atoms. The molecule has 1 fully saturated rings. The van der Waals surface area contributed by atoms with Crippen molar-refractivity contribution >= 4 is 11.9 Å². The van der Waals surface area contributed by atoms with E-state index in [9.17, 15) is 4.79 Å². The van der Waals surface area contributed by atoms with Crippen LogP contribution in [0, 0.1) is 0 Å². The highest BCUT2D eigenvalue weighted by atomic mass is 16.3. The zero-order chi connectivity index (χ0) is 13.5. The number of aliphatic hydroxyl groups excluding tert-OH is 1. The Morgan fingerprint density at radius 2 is 2.05 bits per heavy atom. The van der Waals surface area contributed by atoms with Gasteiger partial charge in [-0.3, -0.25) is 15.0 Å². The number of rotatable bonds is 6. The summed E-state index contributed by atoms with van der Waals surface area (Å²) < 4.78 is 0. The molecule has 2 rings (SSSR count). The first-order valence-corrected chi connectivity index (χ1v) is 6.71. The van der Waals surface area contributed by atoms with Crippen molar-refractivity contribution in [3.05, 3.63) is 18.5 Å². The Hall–Kier alpha value is -1.53. The Bertz CT molecular complexity index is 393. The molecule has 0 unspecified atom stereocenters. The molecule has 0 saturated heterocycles. The van der Waals surface area contributed by atoms with Crippen molar-refractivity contribution in [2.45, 2.75) is 31.7 Å². The molecule has 6 heteroatoms. The van der Waals surface area contributed by atoms with Crippen molar-refractivity contribution in [2.75, 3.05) is 25.0 Å². The van der Waals surface area contributed by atoms with Crippen LogP contribution in [0.25, 0.3) is 0 Å². The van der Waals surface area contributed by atoms with Crippen LogP contribution in [0.15, 0.2) is 18.5 Å². The first kappa shape index (κ1) is 13.9. The third-order valence-corrected chi connectivity index (χ3v) is 3.39. The maximum Gasteiger partial charge on any atom is 0.240 e. The van der Waals surface area contributed by atoms with Crippen molar-refractivity contribution in [1.82, 2.24) is 14.9 Å². The summed E-state index contributed by atoms with van der Waals surface area (Å²) in [6.07, 6.45) is 7.80. The first-order chi connectivity index (χ1) is 9.29. The summed E-state index contributed by atoms with van der Waals surface area (Å²) in [6.45, 7) is 0.892. The van der Waals surface area contributed by atoms with Gasteiger partial charge in [0.15, 0.2) is 0 Å².